The highest BCUT2D eigenvalue weighted by Gasteiger charge is 2.20. The fourth-order valence-electron chi connectivity index (χ4n) is 2.37. The number of hydrogen-bond acceptors (Lipinski definition) is 4. The first-order valence-electron chi connectivity index (χ1n) is 6.63. The Kier molecular flexibility index (Phi) is 5.82. The number of rotatable bonds is 3. The topological polar surface area (TPSA) is 45.1 Å². The van der Waals surface area contributed by atoms with E-state index in [2.05, 4.69) is 31.9 Å². The smallest absolute Gasteiger partial charge is 0.148 e. The van der Waals surface area contributed by atoms with Gasteiger partial charge >= 0.3 is 0 Å². The third-order valence-electron chi connectivity index (χ3n) is 3.57. The van der Waals surface area contributed by atoms with Crippen molar-refractivity contribution in [2.75, 3.05) is 32.8 Å². The third-order valence-corrected chi connectivity index (χ3v) is 4.10. The molecule has 1 saturated heterocycles. The fourth-order valence-corrected chi connectivity index (χ4v) is 2.72. The van der Waals surface area contributed by atoms with Crippen molar-refractivity contribution < 1.29 is 9.84 Å². The van der Waals surface area contributed by atoms with E-state index in [1.165, 1.54) is 0 Å². The van der Waals surface area contributed by atoms with Gasteiger partial charge in [0.05, 0.1) is 13.2 Å². The number of allylic oxidation sites excluding steroid dienone is 2. The van der Waals surface area contributed by atoms with Crippen LogP contribution in [-0.4, -0.2) is 55.3 Å². The first-order chi connectivity index (χ1) is 8.75. The minimum absolute atomic E-state index is 0.265. The van der Waals surface area contributed by atoms with Crippen molar-refractivity contribution in [2.45, 2.75) is 25.5 Å². The van der Waals surface area contributed by atoms with Gasteiger partial charge in [0, 0.05) is 29.7 Å². The van der Waals surface area contributed by atoms with Crippen LogP contribution in [0.2, 0.25) is 0 Å². The van der Waals surface area contributed by atoms with E-state index in [1.807, 2.05) is 0 Å². The number of aliphatic imine (C=N–C) groups is 1. The maximum Gasteiger partial charge on any atom is 0.148 e. The molecule has 18 heavy (non-hydrogen) atoms. The van der Waals surface area contributed by atoms with Crippen molar-refractivity contribution in [1.29, 1.82) is 0 Å². The summed E-state index contributed by atoms with van der Waals surface area (Å²) in [6.45, 7) is 4.72. The van der Waals surface area contributed by atoms with Crippen molar-refractivity contribution in [3.63, 3.8) is 0 Å². The molecule has 2 rings (SSSR count). The van der Waals surface area contributed by atoms with Crippen molar-refractivity contribution in [3.8, 4) is 0 Å². The third kappa shape index (κ3) is 4.46. The molecule has 2 heterocycles. The van der Waals surface area contributed by atoms with Gasteiger partial charge in [0.1, 0.15) is 6.23 Å². The van der Waals surface area contributed by atoms with Crippen LogP contribution in [0.5, 0.6) is 0 Å². The van der Waals surface area contributed by atoms with Gasteiger partial charge in [-0.3, -0.25) is 9.89 Å². The lowest BCUT2D eigenvalue weighted by atomic mass is 9.96. The molecule has 0 radical (unpaired) electrons. The molecule has 0 aliphatic carbocycles. The molecule has 2 aliphatic rings. The lowest BCUT2D eigenvalue weighted by Crippen LogP contribution is -2.38. The Hall–Kier alpha value is -0.230. The standard InChI is InChI=1S/C13H21BrN2O2/c14-12-3-1-2-11(13(17)15-10-12)4-5-16-6-8-18-9-7-16/h3,10-11,13,17H,1-2,4-9H2/b12-3+,15-10-. The zero-order chi connectivity index (χ0) is 12.8. The predicted molar refractivity (Wildman–Crippen MR) is 76.1 cm³/mol. The zero-order valence-corrected chi connectivity index (χ0v) is 12.2. The van der Waals surface area contributed by atoms with Gasteiger partial charge in [-0.15, -0.1) is 0 Å². The van der Waals surface area contributed by atoms with Crippen molar-refractivity contribution in [2.24, 2.45) is 10.9 Å². The van der Waals surface area contributed by atoms with Crippen LogP contribution in [0.3, 0.4) is 0 Å². The number of aliphatic hydroxyl groups excluding tert-OH is 1. The van der Waals surface area contributed by atoms with Crippen LogP contribution in [-0.2, 0) is 4.74 Å². The zero-order valence-electron chi connectivity index (χ0n) is 10.6. The van der Waals surface area contributed by atoms with Gasteiger partial charge in [-0.25, -0.2) is 0 Å². The van der Waals surface area contributed by atoms with Crippen molar-refractivity contribution >= 4 is 22.1 Å². The summed E-state index contributed by atoms with van der Waals surface area (Å²) < 4.78 is 6.30. The largest absolute Gasteiger partial charge is 0.379 e. The molecule has 2 unspecified atom stereocenters. The molecule has 0 amide bonds. The summed E-state index contributed by atoms with van der Waals surface area (Å²) in [4.78, 5) is 6.59. The highest BCUT2D eigenvalue weighted by molar-refractivity contribution is 9.12. The van der Waals surface area contributed by atoms with Gasteiger partial charge in [-0.05, 0) is 41.7 Å². The second-order valence-electron chi connectivity index (χ2n) is 4.86. The molecular formula is C13H21BrN2O2. The Labute approximate surface area is 117 Å². The van der Waals surface area contributed by atoms with Crippen molar-refractivity contribution in [3.05, 3.63) is 10.6 Å². The van der Waals surface area contributed by atoms with E-state index in [9.17, 15) is 5.11 Å². The van der Waals surface area contributed by atoms with Gasteiger partial charge in [-0.2, -0.15) is 0 Å². The van der Waals surface area contributed by atoms with Crippen LogP contribution in [0.25, 0.3) is 0 Å². The highest BCUT2D eigenvalue weighted by Crippen LogP contribution is 2.22. The Morgan fingerprint density at radius 3 is 3.00 bits per heavy atom. The van der Waals surface area contributed by atoms with Crippen LogP contribution in [0.1, 0.15) is 19.3 Å². The quantitative estimate of drug-likeness (QED) is 0.863. The molecule has 2 atom stereocenters. The summed E-state index contributed by atoms with van der Waals surface area (Å²) in [7, 11) is 0. The van der Waals surface area contributed by atoms with E-state index < -0.39 is 6.23 Å². The van der Waals surface area contributed by atoms with Gasteiger partial charge in [0.15, 0.2) is 0 Å². The Morgan fingerprint density at radius 1 is 1.44 bits per heavy atom. The first kappa shape index (κ1) is 14.2. The summed E-state index contributed by atoms with van der Waals surface area (Å²) in [6.07, 6.45) is 6.27. The van der Waals surface area contributed by atoms with E-state index in [4.69, 9.17) is 4.74 Å². The molecule has 102 valence electrons. The lowest BCUT2D eigenvalue weighted by Gasteiger charge is -2.29. The molecule has 0 saturated carbocycles. The number of hydrogen-bond donors (Lipinski definition) is 1. The van der Waals surface area contributed by atoms with Gasteiger partial charge in [0.2, 0.25) is 0 Å². The molecule has 0 bridgehead atoms. The summed E-state index contributed by atoms with van der Waals surface area (Å²) >= 11 is 3.40. The number of aliphatic hydroxyl groups is 1. The van der Waals surface area contributed by atoms with E-state index in [-0.39, 0.29) is 5.92 Å². The average molecular weight is 317 g/mol. The van der Waals surface area contributed by atoms with Crippen LogP contribution >= 0.6 is 15.9 Å². The SMILES string of the molecule is OC1/N=C\C(Br)=C/CCC1CCN1CCOCC1. The number of ether oxygens (including phenoxy) is 1. The minimum Gasteiger partial charge on any atom is -0.379 e. The summed E-state index contributed by atoms with van der Waals surface area (Å²) in [5.74, 6) is 0.265. The number of nitrogens with zero attached hydrogens (tertiary/aromatic N) is 2. The molecule has 5 heteroatoms. The molecule has 0 spiro atoms. The van der Waals surface area contributed by atoms with Crippen LogP contribution < -0.4 is 0 Å². The fraction of sp³-hybridized carbons (Fsp3) is 0.769. The number of morpholine rings is 1. The summed E-state index contributed by atoms with van der Waals surface area (Å²) in [5.41, 5.74) is 0. The normalized spacial score (nSPS) is 35.3. The summed E-state index contributed by atoms with van der Waals surface area (Å²) in [5, 5.41) is 10.0. The molecule has 0 aromatic heterocycles. The molecule has 1 fully saturated rings. The lowest BCUT2D eigenvalue weighted by molar-refractivity contribution is 0.0290. The monoisotopic (exact) mass is 316 g/mol. The molecule has 1 N–H and O–H groups in total. The van der Waals surface area contributed by atoms with E-state index in [0.29, 0.717) is 0 Å². The van der Waals surface area contributed by atoms with Crippen LogP contribution in [0.15, 0.2) is 15.6 Å². The molecule has 2 aliphatic heterocycles. The maximum absolute atomic E-state index is 10.0. The predicted octanol–water partition coefficient (Wildman–Crippen LogP) is 1.79. The van der Waals surface area contributed by atoms with Crippen molar-refractivity contribution in [1.82, 2.24) is 4.90 Å². The minimum atomic E-state index is -0.563. The van der Waals surface area contributed by atoms with E-state index in [1.54, 1.807) is 6.21 Å². The Bertz CT molecular complexity index is 314. The maximum atomic E-state index is 10.0. The van der Waals surface area contributed by atoms with Crippen LogP contribution in [0.4, 0.5) is 0 Å². The van der Waals surface area contributed by atoms with Crippen LogP contribution in [0, 0.1) is 5.92 Å². The second kappa shape index (κ2) is 7.38. The van der Waals surface area contributed by atoms with E-state index >= 15 is 0 Å². The Morgan fingerprint density at radius 2 is 2.22 bits per heavy atom. The Balaban J connectivity index is 1.79. The van der Waals surface area contributed by atoms with Gasteiger partial charge in [-0.1, -0.05) is 6.08 Å². The molecule has 4 nitrogen and oxygen atoms in total. The highest BCUT2D eigenvalue weighted by atomic mass is 79.9. The van der Waals surface area contributed by atoms with Gasteiger partial charge < -0.3 is 9.84 Å². The van der Waals surface area contributed by atoms with Gasteiger partial charge in [0.25, 0.3) is 0 Å². The summed E-state index contributed by atoms with van der Waals surface area (Å²) in [6, 6.07) is 0. The first-order valence-corrected chi connectivity index (χ1v) is 7.42. The second-order valence-corrected chi connectivity index (χ2v) is 5.78. The average Bonchev–Trinajstić information content (AvgIpc) is 2.39. The molecule has 0 aromatic carbocycles. The van der Waals surface area contributed by atoms with E-state index in [0.717, 1.165) is 56.6 Å². The molecular weight excluding hydrogens is 296 g/mol. The molecule has 0 aromatic rings. The number of halogens is 1.